The fourth-order valence-corrected chi connectivity index (χ4v) is 3.51. The van der Waals surface area contributed by atoms with Crippen molar-refractivity contribution in [2.24, 2.45) is 0 Å². The maximum atomic E-state index is 13.0. The summed E-state index contributed by atoms with van der Waals surface area (Å²) in [6.45, 7) is 0.423. The van der Waals surface area contributed by atoms with E-state index in [1.54, 1.807) is 35.2 Å². The smallest absolute Gasteiger partial charge is 0.387 e. The fraction of sp³-hybridized carbons (Fsp3) is 0.273. The monoisotopic (exact) mass is 430 g/mol. The molecule has 1 aliphatic rings. The quantitative estimate of drug-likeness (QED) is 0.647. The summed E-state index contributed by atoms with van der Waals surface area (Å²) in [4.78, 5) is 16.8. The molecule has 0 radical (unpaired) electrons. The van der Waals surface area contributed by atoms with Crippen LogP contribution in [0.15, 0.2) is 54.6 Å². The Morgan fingerprint density at radius 3 is 2.35 bits per heavy atom. The predicted octanol–water partition coefficient (Wildman–Crippen LogP) is 3.78. The van der Waals surface area contributed by atoms with Crippen molar-refractivity contribution in [3.63, 3.8) is 0 Å². The van der Waals surface area contributed by atoms with Gasteiger partial charge in [-0.25, -0.2) is 4.39 Å². The molecular weight excluding hydrogens is 409 g/mol. The first-order valence-corrected chi connectivity index (χ1v) is 9.84. The number of H-pyrrole nitrogens is 1. The first kappa shape index (κ1) is 20.9. The number of rotatable bonds is 6. The molecule has 31 heavy (non-hydrogen) atoms. The molecule has 1 saturated heterocycles. The number of hydrogen-bond donors (Lipinski definition) is 1. The van der Waals surface area contributed by atoms with Crippen molar-refractivity contribution in [1.29, 1.82) is 0 Å². The summed E-state index contributed by atoms with van der Waals surface area (Å²) in [5, 5.41) is 6.93. The number of ether oxygens (including phenoxy) is 1. The second-order valence-corrected chi connectivity index (χ2v) is 7.26. The first-order valence-electron chi connectivity index (χ1n) is 9.84. The van der Waals surface area contributed by atoms with Crippen molar-refractivity contribution >= 4 is 5.91 Å². The van der Waals surface area contributed by atoms with Gasteiger partial charge < -0.3 is 9.64 Å². The van der Waals surface area contributed by atoms with E-state index in [9.17, 15) is 18.0 Å². The standard InChI is InChI=1S/C22H21F3N4O2/c23-17-5-1-15(2-6-17)14-28-9-11-29(12-10-28)21(30)20-13-19(26-27-20)16-3-7-18(8-4-16)31-22(24)25/h1-8,13,22H,9-12,14H2,(H,26,27). The highest BCUT2D eigenvalue weighted by molar-refractivity contribution is 5.93. The Morgan fingerprint density at radius 2 is 1.71 bits per heavy atom. The SMILES string of the molecule is O=C(c1cc(-c2ccc(OC(F)F)cc2)n[nH]1)N1CCN(Cc2ccc(F)cc2)CC1. The second kappa shape index (κ2) is 9.22. The summed E-state index contributed by atoms with van der Waals surface area (Å²) in [6, 6.07) is 14.2. The van der Waals surface area contributed by atoms with Gasteiger partial charge in [0.1, 0.15) is 17.3 Å². The molecule has 2 heterocycles. The molecule has 0 atom stereocenters. The molecule has 6 nitrogen and oxygen atoms in total. The Labute approximate surface area is 177 Å². The molecule has 9 heteroatoms. The van der Waals surface area contributed by atoms with Crippen LogP contribution in [0.2, 0.25) is 0 Å². The number of halogens is 3. The summed E-state index contributed by atoms with van der Waals surface area (Å²) in [5.74, 6) is -0.336. The molecule has 162 valence electrons. The number of alkyl halides is 2. The number of hydrogen-bond acceptors (Lipinski definition) is 4. The van der Waals surface area contributed by atoms with Crippen LogP contribution in [-0.4, -0.2) is 58.7 Å². The Balaban J connectivity index is 1.33. The number of carbonyl (C=O) groups is 1. The maximum absolute atomic E-state index is 13.0. The average molecular weight is 430 g/mol. The van der Waals surface area contributed by atoms with E-state index < -0.39 is 6.61 Å². The Hall–Kier alpha value is -3.33. The molecule has 2 aromatic carbocycles. The molecule has 4 rings (SSSR count). The molecule has 3 aromatic rings. The van der Waals surface area contributed by atoms with Gasteiger partial charge in [0.15, 0.2) is 0 Å². The maximum Gasteiger partial charge on any atom is 0.387 e. The summed E-state index contributed by atoms with van der Waals surface area (Å²) < 4.78 is 41.9. The van der Waals surface area contributed by atoms with Crippen LogP contribution in [0.4, 0.5) is 13.2 Å². The predicted molar refractivity (Wildman–Crippen MR) is 108 cm³/mol. The van der Waals surface area contributed by atoms with Gasteiger partial charge in [-0.15, -0.1) is 0 Å². The first-order chi connectivity index (χ1) is 15.0. The van der Waals surface area contributed by atoms with Crippen LogP contribution < -0.4 is 4.74 Å². The highest BCUT2D eigenvalue weighted by Gasteiger charge is 2.23. The second-order valence-electron chi connectivity index (χ2n) is 7.26. The molecule has 1 N–H and O–H groups in total. The van der Waals surface area contributed by atoms with Crippen molar-refractivity contribution in [2.45, 2.75) is 13.2 Å². The lowest BCUT2D eigenvalue weighted by molar-refractivity contribution is -0.0498. The van der Waals surface area contributed by atoms with Crippen LogP contribution in [0.3, 0.4) is 0 Å². The molecule has 0 unspecified atom stereocenters. The summed E-state index contributed by atoms with van der Waals surface area (Å²) in [6.07, 6.45) is 0. The number of nitrogens with one attached hydrogen (secondary N) is 1. The number of carbonyl (C=O) groups excluding carboxylic acids is 1. The van der Waals surface area contributed by atoms with Gasteiger partial charge in [0.05, 0.1) is 5.69 Å². The summed E-state index contributed by atoms with van der Waals surface area (Å²) in [7, 11) is 0. The van der Waals surface area contributed by atoms with Crippen molar-refractivity contribution < 1.29 is 22.7 Å². The molecule has 1 amide bonds. The van der Waals surface area contributed by atoms with Gasteiger partial charge in [0.25, 0.3) is 5.91 Å². The third-order valence-electron chi connectivity index (χ3n) is 5.16. The lowest BCUT2D eigenvalue weighted by Crippen LogP contribution is -2.48. The van der Waals surface area contributed by atoms with E-state index in [1.807, 2.05) is 0 Å². The van der Waals surface area contributed by atoms with E-state index in [0.29, 0.717) is 36.6 Å². The fourth-order valence-electron chi connectivity index (χ4n) is 3.51. The molecular formula is C22H21F3N4O2. The van der Waals surface area contributed by atoms with Crippen molar-refractivity contribution in [1.82, 2.24) is 20.0 Å². The normalized spacial score (nSPS) is 14.8. The zero-order valence-corrected chi connectivity index (χ0v) is 16.6. The van der Waals surface area contributed by atoms with Gasteiger partial charge in [-0.3, -0.25) is 14.8 Å². The minimum atomic E-state index is -2.88. The summed E-state index contributed by atoms with van der Waals surface area (Å²) in [5.41, 5.74) is 2.63. The van der Waals surface area contributed by atoms with Crippen molar-refractivity contribution in [2.75, 3.05) is 26.2 Å². The largest absolute Gasteiger partial charge is 0.435 e. The average Bonchev–Trinajstić information content (AvgIpc) is 3.26. The number of benzene rings is 2. The Kier molecular flexibility index (Phi) is 6.22. The Bertz CT molecular complexity index is 1010. The third-order valence-corrected chi connectivity index (χ3v) is 5.16. The molecule has 0 bridgehead atoms. The van der Waals surface area contributed by atoms with Crippen LogP contribution >= 0.6 is 0 Å². The van der Waals surface area contributed by atoms with Gasteiger partial charge in [-0.1, -0.05) is 12.1 Å². The number of amides is 1. The topological polar surface area (TPSA) is 61.5 Å². The molecule has 1 fully saturated rings. The number of nitrogens with zero attached hydrogens (tertiary/aromatic N) is 3. The van der Waals surface area contributed by atoms with Gasteiger partial charge in [-0.2, -0.15) is 13.9 Å². The van der Waals surface area contributed by atoms with Crippen LogP contribution in [0, 0.1) is 5.82 Å². The zero-order valence-electron chi connectivity index (χ0n) is 16.6. The molecule has 1 aliphatic heterocycles. The molecule has 1 aromatic heterocycles. The van der Waals surface area contributed by atoms with Crippen molar-refractivity contribution in [3.8, 4) is 17.0 Å². The highest BCUT2D eigenvalue weighted by atomic mass is 19.3. The molecule has 0 spiro atoms. The van der Waals surface area contributed by atoms with Gasteiger partial charge in [0.2, 0.25) is 0 Å². The minimum Gasteiger partial charge on any atom is -0.435 e. The third kappa shape index (κ3) is 5.24. The van der Waals surface area contributed by atoms with E-state index in [0.717, 1.165) is 18.7 Å². The van der Waals surface area contributed by atoms with Gasteiger partial charge in [-0.05, 0) is 48.0 Å². The Morgan fingerprint density at radius 1 is 1.03 bits per heavy atom. The zero-order chi connectivity index (χ0) is 21.8. The summed E-state index contributed by atoms with van der Waals surface area (Å²) >= 11 is 0. The number of aromatic amines is 1. The number of piperazine rings is 1. The van der Waals surface area contributed by atoms with Crippen LogP contribution in [-0.2, 0) is 6.54 Å². The van der Waals surface area contributed by atoms with Crippen LogP contribution in [0.25, 0.3) is 11.3 Å². The lowest BCUT2D eigenvalue weighted by Gasteiger charge is -2.34. The van der Waals surface area contributed by atoms with Crippen LogP contribution in [0.5, 0.6) is 5.75 Å². The van der Waals surface area contributed by atoms with Gasteiger partial charge >= 0.3 is 6.61 Å². The van der Waals surface area contributed by atoms with Crippen molar-refractivity contribution in [3.05, 3.63) is 71.7 Å². The van der Waals surface area contributed by atoms with E-state index in [2.05, 4.69) is 19.8 Å². The van der Waals surface area contributed by atoms with E-state index >= 15 is 0 Å². The van der Waals surface area contributed by atoms with E-state index in [-0.39, 0.29) is 17.5 Å². The van der Waals surface area contributed by atoms with E-state index in [1.165, 1.54) is 24.3 Å². The minimum absolute atomic E-state index is 0.0593. The highest BCUT2D eigenvalue weighted by Crippen LogP contribution is 2.23. The van der Waals surface area contributed by atoms with Gasteiger partial charge in [0, 0.05) is 38.3 Å². The number of aromatic nitrogens is 2. The molecule has 0 aliphatic carbocycles. The lowest BCUT2D eigenvalue weighted by atomic mass is 10.1. The molecule has 0 saturated carbocycles. The van der Waals surface area contributed by atoms with Crippen LogP contribution in [0.1, 0.15) is 16.1 Å². The van der Waals surface area contributed by atoms with E-state index in [4.69, 9.17) is 0 Å².